The van der Waals surface area contributed by atoms with Gasteiger partial charge in [0.25, 0.3) is 20.0 Å². The SMILES string of the molecule is CC1CCN([C@H]2CCOc3cc(S(=O)(=O)Nc4ccns4)ccc32)CC1.O=S(=O)(Nc1ncns1)c1ccc2c(c1)OCC[C@@H]2N1CCCCC1. The lowest BCUT2D eigenvalue weighted by atomic mass is 9.93. The molecule has 2 fully saturated rings. The number of anilines is 2. The summed E-state index contributed by atoms with van der Waals surface area (Å²) < 4.78 is 74.6. The van der Waals surface area contributed by atoms with E-state index < -0.39 is 20.0 Å². The zero-order chi connectivity index (χ0) is 35.4. The van der Waals surface area contributed by atoms with Crippen molar-refractivity contribution >= 4 is 53.2 Å². The Morgan fingerprint density at radius 3 is 1.84 bits per heavy atom. The number of likely N-dealkylation sites (tertiary alicyclic amines) is 2. The number of hydrogen-bond acceptors (Lipinski definition) is 13. The predicted molar refractivity (Wildman–Crippen MR) is 198 cm³/mol. The van der Waals surface area contributed by atoms with Crippen LogP contribution in [0.5, 0.6) is 11.5 Å². The predicted octanol–water partition coefficient (Wildman–Crippen LogP) is 6.15. The summed E-state index contributed by atoms with van der Waals surface area (Å²) in [6.45, 7) is 7.93. The van der Waals surface area contributed by atoms with Crippen LogP contribution in [0.4, 0.5) is 10.1 Å². The maximum atomic E-state index is 12.6. The number of benzene rings is 2. The largest absolute Gasteiger partial charge is 0.493 e. The molecule has 0 radical (unpaired) electrons. The highest BCUT2D eigenvalue weighted by atomic mass is 32.2. The van der Waals surface area contributed by atoms with E-state index in [4.69, 9.17) is 9.47 Å². The van der Waals surface area contributed by atoms with Gasteiger partial charge in [0.2, 0.25) is 5.13 Å². The van der Waals surface area contributed by atoms with Crippen LogP contribution in [0.2, 0.25) is 0 Å². The maximum Gasteiger partial charge on any atom is 0.263 e. The van der Waals surface area contributed by atoms with Crippen molar-refractivity contribution in [1.82, 2.24) is 23.5 Å². The van der Waals surface area contributed by atoms with Crippen LogP contribution >= 0.6 is 23.1 Å². The van der Waals surface area contributed by atoms with Crippen molar-refractivity contribution in [2.45, 2.75) is 73.7 Å². The Hall–Kier alpha value is -3.35. The third-order valence-corrected chi connectivity index (χ3v) is 14.2. The van der Waals surface area contributed by atoms with Gasteiger partial charge in [-0.3, -0.25) is 19.2 Å². The molecule has 13 nitrogen and oxygen atoms in total. The zero-order valence-electron chi connectivity index (χ0n) is 28.4. The number of piperidine rings is 2. The number of rotatable bonds is 8. The van der Waals surface area contributed by atoms with Crippen LogP contribution in [0.25, 0.3) is 0 Å². The number of ether oxygens (including phenoxy) is 2. The average molecular weight is 774 g/mol. The molecule has 0 amide bonds. The standard InChI is InChI=1S/C18H23N3O3S2.C16H20N4O3S2/c1-13-5-9-21(10-6-13)16-7-11-24-17-12-14(2-3-15(16)17)26(22,23)20-18-4-8-19-25-18;21-25(22,19-16-17-11-18-24-16)12-4-5-13-14(6-9-23-15(13)10-12)20-7-2-1-3-8-20/h2-4,8,12-13,16,20H,5-7,9-11H2,1H3;4-5,10-11,14H,1-3,6-9H2,(H,17,18,19)/t16-;14-/m00/s1. The molecular weight excluding hydrogens is 731 g/mol. The van der Waals surface area contributed by atoms with E-state index in [-0.39, 0.29) is 14.9 Å². The fourth-order valence-electron chi connectivity index (χ4n) is 7.22. The van der Waals surface area contributed by atoms with Crippen LogP contribution < -0.4 is 18.9 Å². The van der Waals surface area contributed by atoms with E-state index >= 15 is 0 Å². The highest BCUT2D eigenvalue weighted by Gasteiger charge is 2.32. The Balaban J connectivity index is 0.000000159. The lowest BCUT2D eigenvalue weighted by molar-refractivity contribution is 0.103. The monoisotopic (exact) mass is 773 g/mol. The van der Waals surface area contributed by atoms with Crippen molar-refractivity contribution in [2.24, 2.45) is 5.92 Å². The molecule has 0 unspecified atom stereocenters. The number of hydrogen-bond donors (Lipinski definition) is 2. The van der Waals surface area contributed by atoms with Crippen LogP contribution in [-0.4, -0.2) is 79.8 Å². The Morgan fingerprint density at radius 2 is 1.29 bits per heavy atom. The first-order chi connectivity index (χ1) is 24.7. The summed E-state index contributed by atoms with van der Waals surface area (Å²) in [6, 6.07) is 12.7. The Morgan fingerprint density at radius 1 is 0.706 bits per heavy atom. The second-order valence-electron chi connectivity index (χ2n) is 13.4. The molecule has 2 N–H and O–H groups in total. The molecule has 0 bridgehead atoms. The summed E-state index contributed by atoms with van der Waals surface area (Å²) >= 11 is 2.12. The molecule has 2 aromatic heterocycles. The minimum Gasteiger partial charge on any atom is -0.493 e. The van der Waals surface area contributed by atoms with Crippen LogP contribution in [0, 0.1) is 5.92 Å². The molecule has 2 aromatic carbocycles. The van der Waals surface area contributed by atoms with Crippen molar-refractivity contribution in [3.05, 3.63) is 66.1 Å². The van der Waals surface area contributed by atoms with Crippen molar-refractivity contribution in [3.8, 4) is 11.5 Å². The van der Waals surface area contributed by atoms with Gasteiger partial charge in [-0.05, 0) is 87.5 Å². The number of aromatic nitrogens is 3. The number of nitrogens with one attached hydrogen (secondary N) is 2. The summed E-state index contributed by atoms with van der Waals surface area (Å²) in [5.74, 6) is 2.14. The first-order valence-electron chi connectivity index (χ1n) is 17.4. The van der Waals surface area contributed by atoms with Crippen molar-refractivity contribution < 1.29 is 26.3 Å². The maximum absolute atomic E-state index is 12.6. The highest BCUT2D eigenvalue weighted by molar-refractivity contribution is 7.93. The highest BCUT2D eigenvalue weighted by Crippen LogP contribution is 2.40. The van der Waals surface area contributed by atoms with E-state index in [2.05, 4.69) is 39.9 Å². The molecule has 0 aliphatic carbocycles. The topological polar surface area (TPSA) is 156 Å². The van der Waals surface area contributed by atoms with Gasteiger partial charge in [-0.2, -0.15) is 8.75 Å². The van der Waals surface area contributed by atoms with E-state index in [1.807, 2.05) is 12.1 Å². The molecule has 4 aliphatic rings. The van der Waals surface area contributed by atoms with Gasteiger partial charge >= 0.3 is 0 Å². The summed E-state index contributed by atoms with van der Waals surface area (Å²) in [5, 5.41) is 0.758. The minimum atomic E-state index is -3.69. The molecule has 2 saturated heterocycles. The number of sulfonamides is 2. The lowest BCUT2D eigenvalue weighted by Gasteiger charge is -2.39. The van der Waals surface area contributed by atoms with E-state index in [1.54, 1.807) is 36.5 Å². The van der Waals surface area contributed by atoms with Gasteiger partial charge in [0.05, 0.1) is 23.0 Å². The smallest absolute Gasteiger partial charge is 0.263 e. The molecule has 274 valence electrons. The third-order valence-electron chi connectivity index (χ3n) is 9.95. The van der Waals surface area contributed by atoms with E-state index in [9.17, 15) is 16.8 Å². The molecule has 2 atom stereocenters. The van der Waals surface area contributed by atoms with Gasteiger partial charge in [0.1, 0.15) is 22.8 Å². The van der Waals surface area contributed by atoms with Gasteiger partial charge in [0, 0.05) is 65.9 Å². The fraction of sp³-hybridized carbons (Fsp3) is 0.500. The van der Waals surface area contributed by atoms with Gasteiger partial charge in [-0.25, -0.2) is 21.8 Å². The Kier molecular flexibility index (Phi) is 11.1. The first-order valence-corrected chi connectivity index (χ1v) is 21.9. The summed E-state index contributed by atoms with van der Waals surface area (Å²) in [7, 11) is -7.33. The summed E-state index contributed by atoms with van der Waals surface area (Å²) in [4.78, 5) is 9.29. The van der Waals surface area contributed by atoms with E-state index in [0.717, 1.165) is 79.1 Å². The normalized spacial score (nSPS) is 21.6. The van der Waals surface area contributed by atoms with Gasteiger partial charge in [-0.1, -0.05) is 25.5 Å². The van der Waals surface area contributed by atoms with Crippen LogP contribution in [0.1, 0.15) is 75.1 Å². The molecule has 6 heterocycles. The number of fused-ring (bicyclic) bond motifs is 2. The third kappa shape index (κ3) is 8.49. The van der Waals surface area contributed by atoms with Crippen molar-refractivity contribution in [2.75, 3.05) is 48.8 Å². The molecule has 51 heavy (non-hydrogen) atoms. The molecule has 8 rings (SSSR count). The van der Waals surface area contributed by atoms with Crippen LogP contribution in [0.15, 0.2) is 64.8 Å². The van der Waals surface area contributed by atoms with Gasteiger partial charge < -0.3 is 9.47 Å². The molecular formula is C34H43N7O6S4. The minimum absolute atomic E-state index is 0.181. The molecule has 0 spiro atoms. The van der Waals surface area contributed by atoms with E-state index in [0.29, 0.717) is 41.8 Å². The average Bonchev–Trinajstić information content (AvgIpc) is 3.86. The van der Waals surface area contributed by atoms with Crippen LogP contribution in [-0.2, 0) is 20.0 Å². The number of nitrogens with zero attached hydrogens (tertiary/aromatic N) is 5. The van der Waals surface area contributed by atoms with Crippen LogP contribution in [0.3, 0.4) is 0 Å². The summed E-state index contributed by atoms with van der Waals surface area (Å²) in [6.07, 6.45) is 11.0. The molecule has 4 aromatic rings. The fourth-order valence-corrected chi connectivity index (χ4v) is 10.7. The summed E-state index contributed by atoms with van der Waals surface area (Å²) in [5.41, 5.74) is 2.19. The molecule has 17 heteroatoms. The Labute approximate surface area is 307 Å². The van der Waals surface area contributed by atoms with Gasteiger partial charge in [-0.15, -0.1) is 0 Å². The van der Waals surface area contributed by atoms with E-state index in [1.165, 1.54) is 38.4 Å². The van der Waals surface area contributed by atoms with Crippen molar-refractivity contribution in [1.29, 1.82) is 0 Å². The quantitative estimate of drug-likeness (QED) is 0.212. The second-order valence-corrected chi connectivity index (χ2v) is 18.3. The Bertz CT molecular complexity index is 1980. The zero-order valence-corrected chi connectivity index (χ0v) is 31.7. The lowest BCUT2D eigenvalue weighted by Crippen LogP contribution is -2.38. The molecule has 4 aliphatic heterocycles. The van der Waals surface area contributed by atoms with Gasteiger partial charge in [0.15, 0.2) is 0 Å². The second kappa shape index (κ2) is 15.7. The van der Waals surface area contributed by atoms with Crippen molar-refractivity contribution in [3.63, 3.8) is 0 Å². The molecule has 0 saturated carbocycles. The first kappa shape index (κ1) is 36.0.